The number of fused-ring (bicyclic) bond motifs is 4. The summed E-state index contributed by atoms with van der Waals surface area (Å²) in [5, 5.41) is 5.58. The maximum absolute atomic E-state index is 14.7. The van der Waals surface area contributed by atoms with E-state index in [2.05, 4.69) is 15.6 Å². The summed E-state index contributed by atoms with van der Waals surface area (Å²) in [6, 6.07) is 9.59. The predicted molar refractivity (Wildman–Crippen MR) is 154 cm³/mol. The van der Waals surface area contributed by atoms with Crippen LogP contribution in [0.5, 0.6) is 0 Å². The first kappa shape index (κ1) is 29.4. The SMILES string of the molecule is COC(=O)Cc1ccc2c(c1)NC(=O)[C@H](C)CCC[C@H](N1CCC(c3c(F)ccc(Cl)c3F)NC1=O)c1cc-2ccn1. The molecule has 0 radical (unpaired) electrons. The van der Waals surface area contributed by atoms with Gasteiger partial charge in [-0.3, -0.25) is 14.6 Å². The minimum atomic E-state index is -0.878. The van der Waals surface area contributed by atoms with E-state index in [1.807, 2.05) is 25.1 Å². The first-order valence-electron chi connectivity index (χ1n) is 13.8. The Morgan fingerprint density at radius 3 is 2.69 bits per heavy atom. The van der Waals surface area contributed by atoms with Crippen LogP contribution in [0.2, 0.25) is 5.02 Å². The van der Waals surface area contributed by atoms with Crippen molar-refractivity contribution in [3.63, 3.8) is 0 Å². The molecule has 1 unspecified atom stereocenters. The van der Waals surface area contributed by atoms with Gasteiger partial charge in [-0.05, 0) is 60.7 Å². The zero-order chi connectivity index (χ0) is 30.0. The molecular weight excluding hydrogens is 566 g/mol. The second-order valence-electron chi connectivity index (χ2n) is 10.7. The van der Waals surface area contributed by atoms with Crippen LogP contribution in [0.15, 0.2) is 48.7 Å². The molecule has 2 bridgehead atoms. The lowest BCUT2D eigenvalue weighted by atomic mass is 9.93. The number of rotatable bonds is 4. The van der Waals surface area contributed by atoms with Crippen molar-refractivity contribution in [1.29, 1.82) is 0 Å². The lowest BCUT2D eigenvalue weighted by Gasteiger charge is -2.38. The second kappa shape index (κ2) is 12.4. The molecule has 1 fully saturated rings. The minimum Gasteiger partial charge on any atom is -0.469 e. The van der Waals surface area contributed by atoms with E-state index in [1.54, 1.807) is 23.2 Å². The molecule has 1 aromatic heterocycles. The van der Waals surface area contributed by atoms with Gasteiger partial charge in [-0.2, -0.15) is 0 Å². The van der Waals surface area contributed by atoms with E-state index in [1.165, 1.54) is 7.11 Å². The number of methoxy groups -OCH3 is 1. The first-order chi connectivity index (χ1) is 20.2. The highest BCUT2D eigenvalue weighted by atomic mass is 35.5. The topological polar surface area (TPSA) is 101 Å². The Balaban J connectivity index is 1.48. The Bertz CT molecular complexity index is 1530. The van der Waals surface area contributed by atoms with Gasteiger partial charge in [0.15, 0.2) is 0 Å². The van der Waals surface area contributed by atoms with E-state index in [0.29, 0.717) is 36.2 Å². The summed E-state index contributed by atoms with van der Waals surface area (Å²) in [5.74, 6) is -2.50. The van der Waals surface area contributed by atoms with Gasteiger partial charge in [0.1, 0.15) is 11.6 Å². The largest absolute Gasteiger partial charge is 0.469 e. The number of carbonyl (C=O) groups is 3. The summed E-state index contributed by atoms with van der Waals surface area (Å²) < 4.78 is 34.1. The highest BCUT2D eigenvalue weighted by molar-refractivity contribution is 6.30. The van der Waals surface area contributed by atoms with Gasteiger partial charge in [0, 0.05) is 35.5 Å². The average molecular weight is 597 g/mol. The summed E-state index contributed by atoms with van der Waals surface area (Å²) in [7, 11) is 1.32. The summed E-state index contributed by atoms with van der Waals surface area (Å²) >= 11 is 5.89. The second-order valence-corrected chi connectivity index (χ2v) is 11.1. The molecule has 1 saturated heterocycles. The molecule has 42 heavy (non-hydrogen) atoms. The molecule has 220 valence electrons. The maximum atomic E-state index is 14.7. The number of esters is 1. The van der Waals surface area contributed by atoms with Crippen LogP contribution in [0, 0.1) is 17.6 Å². The lowest BCUT2D eigenvalue weighted by Crippen LogP contribution is -2.50. The number of ether oxygens (including phenoxy) is 1. The van der Waals surface area contributed by atoms with Crippen LogP contribution in [-0.2, 0) is 20.7 Å². The van der Waals surface area contributed by atoms with Crippen molar-refractivity contribution in [2.75, 3.05) is 19.0 Å². The van der Waals surface area contributed by atoms with Crippen molar-refractivity contribution < 1.29 is 27.9 Å². The van der Waals surface area contributed by atoms with Crippen LogP contribution in [0.4, 0.5) is 19.3 Å². The number of nitrogens with one attached hydrogen (secondary N) is 2. The molecule has 3 aromatic rings. The third kappa shape index (κ3) is 6.09. The number of pyridine rings is 1. The van der Waals surface area contributed by atoms with E-state index in [0.717, 1.165) is 23.3 Å². The third-order valence-electron chi connectivity index (χ3n) is 7.94. The fraction of sp³-hybridized carbons (Fsp3) is 0.355. The van der Waals surface area contributed by atoms with Gasteiger partial charge in [0.25, 0.3) is 0 Å². The van der Waals surface area contributed by atoms with Gasteiger partial charge in [-0.1, -0.05) is 37.1 Å². The molecule has 2 N–H and O–H groups in total. The molecule has 2 aliphatic rings. The number of benzene rings is 2. The molecule has 5 rings (SSSR count). The molecular formula is C31H31ClF2N4O4. The highest BCUT2D eigenvalue weighted by Gasteiger charge is 2.35. The number of hydrogen-bond acceptors (Lipinski definition) is 5. The molecule has 2 aromatic carbocycles. The van der Waals surface area contributed by atoms with Crippen molar-refractivity contribution in [2.24, 2.45) is 5.92 Å². The monoisotopic (exact) mass is 596 g/mol. The zero-order valence-electron chi connectivity index (χ0n) is 23.3. The molecule has 2 aliphatic heterocycles. The van der Waals surface area contributed by atoms with Crippen LogP contribution in [0.3, 0.4) is 0 Å². The minimum absolute atomic E-state index is 0.0624. The van der Waals surface area contributed by atoms with Gasteiger partial charge in [0.2, 0.25) is 5.91 Å². The van der Waals surface area contributed by atoms with E-state index in [9.17, 15) is 23.2 Å². The van der Waals surface area contributed by atoms with E-state index >= 15 is 0 Å². The number of aromatic nitrogens is 1. The smallest absolute Gasteiger partial charge is 0.318 e. The van der Waals surface area contributed by atoms with Gasteiger partial charge < -0.3 is 20.3 Å². The quantitative estimate of drug-likeness (QED) is 0.270. The Kier molecular flexibility index (Phi) is 8.72. The van der Waals surface area contributed by atoms with Crippen molar-refractivity contribution >= 4 is 35.2 Å². The van der Waals surface area contributed by atoms with Gasteiger partial charge in [-0.25, -0.2) is 13.6 Å². The van der Waals surface area contributed by atoms with Crippen LogP contribution in [-0.4, -0.2) is 41.4 Å². The fourth-order valence-corrected chi connectivity index (χ4v) is 5.78. The van der Waals surface area contributed by atoms with Crippen LogP contribution in [0.1, 0.15) is 61.5 Å². The molecule has 3 atom stereocenters. The van der Waals surface area contributed by atoms with Crippen molar-refractivity contribution in [1.82, 2.24) is 15.2 Å². The number of nitrogens with zero attached hydrogens (tertiary/aromatic N) is 2. The average Bonchev–Trinajstić information content (AvgIpc) is 2.97. The van der Waals surface area contributed by atoms with Gasteiger partial charge in [-0.15, -0.1) is 0 Å². The standard InChI is InChI=1S/C31H31ClF2N4O4/c1-17-4-3-5-26(38-13-11-23(37-31(38)41)28-22(33)9-8-21(32)29(28)34)25-16-19(10-12-35-25)20-7-6-18(15-27(39)42-2)14-24(20)36-30(17)40/h6-10,12,14,16-17,23,26H,3-5,11,13,15H2,1-2H3,(H,36,40)(H,37,41)/t17-,23?,26+/m1/s1. The first-order valence-corrected chi connectivity index (χ1v) is 14.2. The number of halogens is 3. The fourth-order valence-electron chi connectivity index (χ4n) is 5.61. The molecule has 3 amide bonds. The Labute approximate surface area is 247 Å². The molecule has 0 spiro atoms. The van der Waals surface area contributed by atoms with Crippen molar-refractivity contribution in [3.05, 3.63) is 82.1 Å². The Hall–Kier alpha value is -4.05. The number of hydrogen-bond donors (Lipinski definition) is 2. The molecule has 3 heterocycles. The predicted octanol–water partition coefficient (Wildman–Crippen LogP) is 6.35. The Morgan fingerprint density at radius 1 is 1.12 bits per heavy atom. The van der Waals surface area contributed by atoms with Crippen molar-refractivity contribution in [3.8, 4) is 11.1 Å². The van der Waals surface area contributed by atoms with E-state index in [-0.39, 0.29) is 47.8 Å². The molecule has 0 aliphatic carbocycles. The number of urea groups is 1. The number of amides is 3. The summed E-state index contributed by atoms with van der Waals surface area (Å²) in [6.45, 7) is 2.08. The molecule has 0 saturated carbocycles. The van der Waals surface area contributed by atoms with Gasteiger partial charge in [0.05, 0.1) is 36.3 Å². The van der Waals surface area contributed by atoms with Crippen molar-refractivity contribution in [2.45, 2.75) is 51.1 Å². The normalized spacial score (nSPS) is 20.9. The number of carbonyl (C=O) groups excluding carboxylic acids is 3. The molecule has 8 nitrogen and oxygen atoms in total. The van der Waals surface area contributed by atoms with Crippen LogP contribution >= 0.6 is 11.6 Å². The van der Waals surface area contributed by atoms with Crippen LogP contribution < -0.4 is 10.6 Å². The van der Waals surface area contributed by atoms with Crippen LogP contribution in [0.25, 0.3) is 11.1 Å². The summed E-state index contributed by atoms with van der Waals surface area (Å²) in [6.07, 6.45) is 3.72. The highest BCUT2D eigenvalue weighted by Crippen LogP contribution is 2.37. The zero-order valence-corrected chi connectivity index (χ0v) is 24.0. The van der Waals surface area contributed by atoms with E-state index in [4.69, 9.17) is 16.3 Å². The van der Waals surface area contributed by atoms with E-state index < -0.39 is 29.7 Å². The Morgan fingerprint density at radius 2 is 1.93 bits per heavy atom. The summed E-state index contributed by atoms with van der Waals surface area (Å²) in [5.41, 5.74) is 3.17. The molecule has 11 heteroatoms. The maximum Gasteiger partial charge on any atom is 0.318 e. The van der Waals surface area contributed by atoms with Gasteiger partial charge >= 0.3 is 12.0 Å². The lowest BCUT2D eigenvalue weighted by molar-refractivity contribution is -0.139. The summed E-state index contributed by atoms with van der Waals surface area (Å²) in [4.78, 5) is 44.7. The third-order valence-corrected chi connectivity index (χ3v) is 8.23. The number of anilines is 1.